The standard InChI is InChI=1S/C15H15N3O2S2/c1-9-13(16-10(2)20-9)15(19)18(3)7-11-8-22-14(17-11)12-5-4-6-21-12/h4-6,8H,7H2,1-3H3. The summed E-state index contributed by atoms with van der Waals surface area (Å²) in [6, 6.07) is 4.05. The summed E-state index contributed by atoms with van der Waals surface area (Å²) in [4.78, 5) is 23.9. The maximum atomic E-state index is 12.4. The molecule has 0 fully saturated rings. The molecular weight excluding hydrogens is 318 g/mol. The molecule has 0 saturated heterocycles. The normalized spacial score (nSPS) is 10.9. The van der Waals surface area contributed by atoms with Crippen molar-refractivity contribution in [3.8, 4) is 9.88 Å². The zero-order chi connectivity index (χ0) is 15.7. The summed E-state index contributed by atoms with van der Waals surface area (Å²) in [5.74, 6) is 0.898. The van der Waals surface area contributed by atoms with Gasteiger partial charge in [0.1, 0.15) is 10.8 Å². The summed E-state index contributed by atoms with van der Waals surface area (Å²) >= 11 is 3.25. The van der Waals surface area contributed by atoms with Gasteiger partial charge in [0.05, 0.1) is 17.1 Å². The van der Waals surface area contributed by atoms with Gasteiger partial charge >= 0.3 is 0 Å². The Morgan fingerprint density at radius 2 is 2.14 bits per heavy atom. The van der Waals surface area contributed by atoms with Gasteiger partial charge in [0, 0.05) is 19.4 Å². The van der Waals surface area contributed by atoms with E-state index in [1.165, 1.54) is 0 Å². The Morgan fingerprint density at radius 3 is 2.77 bits per heavy atom. The van der Waals surface area contributed by atoms with Gasteiger partial charge in [0.25, 0.3) is 5.91 Å². The number of aromatic nitrogens is 2. The van der Waals surface area contributed by atoms with Gasteiger partial charge in [-0.25, -0.2) is 9.97 Å². The molecule has 0 aliphatic rings. The van der Waals surface area contributed by atoms with Gasteiger partial charge in [-0.2, -0.15) is 0 Å². The number of thiazole rings is 1. The van der Waals surface area contributed by atoms with Crippen LogP contribution >= 0.6 is 22.7 Å². The average molecular weight is 333 g/mol. The monoisotopic (exact) mass is 333 g/mol. The Labute approximate surface area is 136 Å². The van der Waals surface area contributed by atoms with Crippen LogP contribution < -0.4 is 0 Å². The predicted molar refractivity (Wildman–Crippen MR) is 87.2 cm³/mol. The number of nitrogens with zero attached hydrogens (tertiary/aromatic N) is 3. The molecule has 7 heteroatoms. The maximum absolute atomic E-state index is 12.4. The van der Waals surface area contributed by atoms with Crippen LogP contribution in [0.5, 0.6) is 0 Å². The molecule has 0 aliphatic carbocycles. The number of carbonyl (C=O) groups is 1. The van der Waals surface area contributed by atoms with Gasteiger partial charge in [-0.1, -0.05) is 6.07 Å². The maximum Gasteiger partial charge on any atom is 0.276 e. The lowest BCUT2D eigenvalue weighted by molar-refractivity contribution is 0.0776. The van der Waals surface area contributed by atoms with E-state index in [0.29, 0.717) is 23.9 Å². The van der Waals surface area contributed by atoms with E-state index < -0.39 is 0 Å². The molecule has 22 heavy (non-hydrogen) atoms. The molecule has 3 heterocycles. The molecule has 0 aromatic carbocycles. The summed E-state index contributed by atoms with van der Waals surface area (Å²) in [6.45, 7) is 3.93. The van der Waals surface area contributed by atoms with E-state index in [-0.39, 0.29) is 5.91 Å². The lowest BCUT2D eigenvalue weighted by atomic mass is 10.3. The fourth-order valence-electron chi connectivity index (χ4n) is 2.12. The number of oxazole rings is 1. The van der Waals surface area contributed by atoms with Crippen molar-refractivity contribution in [2.75, 3.05) is 7.05 Å². The molecule has 3 rings (SSSR count). The van der Waals surface area contributed by atoms with Gasteiger partial charge in [-0.3, -0.25) is 4.79 Å². The van der Waals surface area contributed by atoms with Crippen LogP contribution in [0.1, 0.15) is 27.8 Å². The minimum atomic E-state index is -0.153. The van der Waals surface area contributed by atoms with Crippen molar-refractivity contribution in [2.24, 2.45) is 0 Å². The highest BCUT2D eigenvalue weighted by atomic mass is 32.1. The summed E-state index contributed by atoms with van der Waals surface area (Å²) in [5, 5.41) is 5.00. The van der Waals surface area contributed by atoms with Crippen molar-refractivity contribution in [3.05, 3.63) is 45.9 Å². The highest BCUT2D eigenvalue weighted by Crippen LogP contribution is 2.28. The number of amides is 1. The fourth-order valence-corrected chi connectivity index (χ4v) is 3.74. The van der Waals surface area contributed by atoms with Gasteiger partial charge in [0.15, 0.2) is 11.6 Å². The van der Waals surface area contributed by atoms with E-state index in [1.807, 2.05) is 22.9 Å². The molecule has 0 bridgehead atoms. The zero-order valence-electron chi connectivity index (χ0n) is 12.5. The summed E-state index contributed by atoms with van der Waals surface area (Å²) in [5.41, 5.74) is 1.25. The van der Waals surface area contributed by atoms with Crippen LogP contribution in [-0.4, -0.2) is 27.8 Å². The first-order valence-electron chi connectivity index (χ1n) is 6.72. The quantitative estimate of drug-likeness (QED) is 0.729. The Bertz CT molecular complexity index is 790. The van der Waals surface area contributed by atoms with E-state index in [1.54, 1.807) is 48.5 Å². The largest absolute Gasteiger partial charge is 0.445 e. The molecule has 3 aromatic rings. The Kier molecular flexibility index (Phi) is 4.08. The molecule has 3 aromatic heterocycles. The van der Waals surface area contributed by atoms with Gasteiger partial charge in [-0.05, 0) is 18.4 Å². The topological polar surface area (TPSA) is 59.2 Å². The Hall–Kier alpha value is -1.99. The van der Waals surface area contributed by atoms with Crippen molar-refractivity contribution in [2.45, 2.75) is 20.4 Å². The zero-order valence-corrected chi connectivity index (χ0v) is 14.1. The first-order chi connectivity index (χ1) is 10.5. The second-order valence-corrected chi connectivity index (χ2v) is 6.73. The second kappa shape index (κ2) is 6.02. The third kappa shape index (κ3) is 2.95. The van der Waals surface area contributed by atoms with Crippen molar-refractivity contribution in [1.82, 2.24) is 14.9 Å². The molecule has 0 N–H and O–H groups in total. The SMILES string of the molecule is Cc1nc(C(=O)N(C)Cc2csc(-c3cccs3)n2)c(C)o1. The van der Waals surface area contributed by atoms with Crippen molar-refractivity contribution < 1.29 is 9.21 Å². The van der Waals surface area contributed by atoms with E-state index in [4.69, 9.17) is 4.42 Å². The first-order valence-corrected chi connectivity index (χ1v) is 8.48. The molecular formula is C15H15N3O2S2. The average Bonchev–Trinajstić information content (AvgIpc) is 3.18. The summed E-state index contributed by atoms with van der Waals surface area (Å²) in [7, 11) is 1.75. The van der Waals surface area contributed by atoms with Crippen LogP contribution in [0.3, 0.4) is 0 Å². The van der Waals surface area contributed by atoms with Crippen LogP contribution in [-0.2, 0) is 6.54 Å². The minimum Gasteiger partial charge on any atom is -0.445 e. The lowest BCUT2D eigenvalue weighted by Crippen LogP contribution is -2.27. The highest BCUT2D eigenvalue weighted by Gasteiger charge is 2.20. The van der Waals surface area contributed by atoms with Gasteiger partial charge in [-0.15, -0.1) is 22.7 Å². The number of hydrogen-bond donors (Lipinski definition) is 0. The second-order valence-electron chi connectivity index (χ2n) is 4.92. The molecule has 0 unspecified atom stereocenters. The smallest absolute Gasteiger partial charge is 0.276 e. The number of hydrogen-bond acceptors (Lipinski definition) is 6. The molecule has 0 spiro atoms. The van der Waals surface area contributed by atoms with Crippen LogP contribution in [0.25, 0.3) is 9.88 Å². The van der Waals surface area contributed by atoms with E-state index in [9.17, 15) is 4.79 Å². The molecule has 1 amide bonds. The first kappa shape index (κ1) is 14.9. The highest BCUT2D eigenvalue weighted by molar-refractivity contribution is 7.20. The fraction of sp³-hybridized carbons (Fsp3) is 0.267. The third-order valence-electron chi connectivity index (χ3n) is 3.14. The van der Waals surface area contributed by atoms with Crippen LogP contribution in [0, 0.1) is 13.8 Å². The minimum absolute atomic E-state index is 0.153. The van der Waals surface area contributed by atoms with Crippen LogP contribution in [0.15, 0.2) is 27.3 Å². The Balaban J connectivity index is 1.73. The van der Waals surface area contributed by atoms with Crippen LogP contribution in [0.2, 0.25) is 0 Å². The summed E-state index contributed by atoms with van der Waals surface area (Å²) < 4.78 is 5.32. The van der Waals surface area contributed by atoms with Crippen molar-refractivity contribution in [1.29, 1.82) is 0 Å². The lowest BCUT2D eigenvalue weighted by Gasteiger charge is -2.14. The molecule has 0 saturated carbocycles. The van der Waals surface area contributed by atoms with E-state index in [2.05, 4.69) is 9.97 Å². The number of rotatable bonds is 4. The third-order valence-corrected chi connectivity index (χ3v) is 5.07. The van der Waals surface area contributed by atoms with Crippen molar-refractivity contribution in [3.63, 3.8) is 0 Å². The van der Waals surface area contributed by atoms with E-state index >= 15 is 0 Å². The van der Waals surface area contributed by atoms with Gasteiger partial charge in [0.2, 0.25) is 0 Å². The van der Waals surface area contributed by atoms with E-state index in [0.717, 1.165) is 15.6 Å². The Morgan fingerprint density at radius 1 is 1.32 bits per heavy atom. The number of thiophene rings is 1. The molecule has 0 aliphatic heterocycles. The molecule has 0 atom stereocenters. The van der Waals surface area contributed by atoms with Crippen molar-refractivity contribution >= 4 is 28.6 Å². The van der Waals surface area contributed by atoms with Gasteiger partial charge < -0.3 is 9.32 Å². The predicted octanol–water partition coefficient (Wildman–Crippen LogP) is 3.75. The number of aryl methyl sites for hydroxylation is 2. The number of carbonyl (C=O) groups excluding carboxylic acids is 1. The molecule has 114 valence electrons. The molecule has 5 nitrogen and oxygen atoms in total. The molecule has 0 radical (unpaired) electrons. The van der Waals surface area contributed by atoms with Crippen LogP contribution in [0.4, 0.5) is 0 Å². The summed E-state index contributed by atoms with van der Waals surface area (Å²) in [6.07, 6.45) is 0.